The van der Waals surface area contributed by atoms with Crippen LogP contribution in [0.2, 0.25) is 0 Å². The number of nitrogens with one attached hydrogen (secondary N) is 2. The SMILES string of the molecule is CCCNC(=O)c1cccc(C(=O)Nc2ncc([N+](=O)[O-])s2)c1CC(=O)O. The molecule has 2 rings (SSSR count). The van der Waals surface area contributed by atoms with Crippen molar-refractivity contribution in [1.82, 2.24) is 10.3 Å². The van der Waals surface area contributed by atoms with Crippen LogP contribution in [0.1, 0.15) is 39.6 Å². The highest BCUT2D eigenvalue weighted by Crippen LogP contribution is 2.26. The van der Waals surface area contributed by atoms with Crippen molar-refractivity contribution in [3.8, 4) is 0 Å². The lowest BCUT2D eigenvalue weighted by molar-refractivity contribution is -0.380. The summed E-state index contributed by atoms with van der Waals surface area (Å²) in [5.41, 5.74) is 0.130. The van der Waals surface area contributed by atoms with Crippen molar-refractivity contribution in [1.29, 1.82) is 0 Å². The second kappa shape index (κ2) is 8.85. The van der Waals surface area contributed by atoms with Crippen LogP contribution in [0.15, 0.2) is 24.4 Å². The van der Waals surface area contributed by atoms with Gasteiger partial charge in [-0.15, -0.1) is 0 Å². The van der Waals surface area contributed by atoms with Crippen molar-refractivity contribution in [2.45, 2.75) is 19.8 Å². The number of aliphatic carboxylic acids is 1. The van der Waals surface area contributed by atoms with E-state index in [0.29, 0.717) is 24.3 Å². The van der Waals surface area contributed by atoms with Gasteiger partial charge in [-0.25, -0.2) is 4.98 Å². The van der Waals surface area contributed by atoms with Crippen molar-refractivity contribution >= 4 is 39.3 Å². The number of amides is 2. The third kappa shape index (κ3) is 5.07. The van der Waals surface area contributed by atoms with Gasteiger partial charge in [0.15, 0.2) is 5.13 Å². The Morgan fingerprint density at radius 3 is 2.48 bits per heavy atom. The van der Waals surface area contributed by atoms with Crippen LogP contribution in [0, 0.1) is 10.1 Å². The van der Waals surface area contributed by atoms with Crippen molar-refractivity contribution in [3.63, 3.8) is 0 Å². The second-order valence-corrected chi connectivity index (χ2v) is 6.38. The number of anilines is 1. The Hall–Kier alpha value is -3.34. The molecular weight excluding hydrogens is 376 g/mol. The molecule has 0 atom stereocenters. The zero-order chi connectivity index (χ0) is 20.0. The minimum atomic E-state index is -1.20. The van der Waals surface area contributed by atoms with E-state index in [1.165, 1.54) is 18.2 Å². The average Bonchev–Trinajstić information content (AvgIpc) is 3.08. The number of carbonyl (C=O) groups is 3. The van der Waals surface area contributed by atoms with Crippen molar-refractivity contribution < 1.29 is 24.4 Å². The van der Waals surface area contributed by atoms with Gasteiger partial charge in [0.05, 0.1) is 11.3 Å². The molecule has 0 aliphatic carbocycles. The van der Waals surface area contributed by atoms with Crippen LogP contribution in [0.3, 0.4) is 0 Å². The summed E-state index contributed by atoms with van der Waals surface area (Å²) in [7, 11) is 0. The van der Waals surface area contributed by atoms with Gasteiger partial charge in [0.1, 0.15) is 6.20 Å². The summed E-state index contributed by atoms with van der Waals surface area (Å²) in [6.07, 6.45) is 1.17. The maximum Gasteiger partial charge on any atom is 0.345 e. The number of carbonyl (C=O) groups excluding carboxylic acids is 2. The van der Waals surface area contributed by atoms with Crippen molar-refractivity contribution in [3.05, 3.63) is 51.2 Å². The lowest BCUT2D eigenvalue weighted by Gasteiger charge is -2.13. The lowest BCUT2D eigenvalue weighted by Crippen LogP contribution is -2.27. The van der Waals surface area contributed by atoms with E-state index in [2.05, 4.69) is 15.6 Å². The Kier molecular flexibility index (Phi) is 6.55. The predicted molar refractivity (Wildman–Crippen MR) is 97.1 cm³/mol. The molecular formula is C16H16N4O6S. The van der Waals surface area contributed by atoms with E-state index in [1.807, 2.05) is 6.92 Å². The molecule has 0 fully saturated rings. The summed E-state index contributed by atoms with van der Waals surface area (Å²) in [6.45, 7) is 2.28. The largest absolute Gasteiger partial charge is 0.481 e. The number of hydrogen-bond donors (Lipinski definition) is 3. The van der Waals surface area contributed by atoms with Gasteiger partial charge < -0.3 is 10.4 Å². The number of nitro groups is 1. The van der Waals surface area contributed by atoms with Crippen molar-refractivity contribution in [2.24, 2.45) is 0 Å². The van der Waals surface area contributed by atoms with E-state index in [1.54, 1.807) is 0 Å². The molecule has 2 aromatic rings. The number of carboxylic acids is 1. The van der Waals surface area contributed by atoms with Gasteiger partial charge in [0.25, 0.3) is 11.8 Å². The molecule has 27 heavy (non-hydrogen) atoms. The van der Waals surface area contributed by atoms with E-state index in [-0.39, 0.29) is 26.8 Å². The summed E-state index contributed by atoms with van der Waals surface area (Å²) >= 11 is 0.668. The Morgan fingerprint density at radius 1 is 1.26 bits per heavy atom. The molecule has 2 amide bonds. The quantitative estimate of drug-likeness (QED) is 0.459. The van der Waals surface area contributed by atoms with Crippen LogP contribution >= 0.6 is 11.3 Å². The van der Waals surface area contributed by atoms with Gasteiger partial charge in [-0.1, -0.05) is 13.0 Å². The van der Waals surface area contributed by atoms with Gasteiger partial charge >= 0.3 is 11.0 Å². The Bertz CT molecular complexity index is 895. The third-order valence-electron chi connectivity index (χ3n) is 3.42. The fraction of sp³-hybridized carbons (Fsp3) is 0.250. The van der Waals surface area contributed by atoms with Crippen LogP contribution in [0.25, 0.3) is 0 Å². The molecule has 142 valence electrons. The Morgan fingerprint density at radius 2 is 1.93 bits per heavy atom. The highest BCUT2D eigenvalue weighted by Gasteiger charge is 2.22. The van der Waals surface area contributed by atoms with Gasteiger partial charge in [0.2, 0.25) is 0 Å². The number of thiazole rings is 1. The molecule has 0 aliphatic rings. The van der Waals surface area contributed by atoms with E-state index < -0.39 is 29.1 Å². The molecule has 11 heteroatoms. The van der Waals surface area contributed by atoms with E-state index >= 15 is 0 Å². The summed E-state index contributed by atoms with van der Waals surface area (Å²) in [5.74, 6) is -2.39. The molecule has 0 bridgehead atoms. The van der Waals surface area contributed by atoms with Crippen LogP contribution in [0.4, 0.5) is 10.1 Å². The topological polar surface area (TPSA) is 152 Å². The highest BCUT2D eigenvalue weighted by molar-refractivity contribution is 7.18. The summed E-state index contributed by atoms with van der Waals surface area (Å²) in [4.78, 5) is 49.9. The van der Waals surface area contributed by atoms with Gasteiger partial charge in [0, 0.05) is 17.7 Å². The standard InChI is InChI=1S/C16H16N4O6S/c1-2-6-17-14(23)9-4-3-5-10(11(9)7-13(21)22)15(24)19-16-18-8-12(27-16)20(25)26/h3-5,8H,2,6-7H2,1H3,(H,17,23)(H,21,22)(H,18,19,24). The molecule has 0 aliphatic heterocycles. The lowest BCUT2D eigenvalue weighted by atomic mass is 9.97. The zero-order valence-electron chi connectivity index (χ0n) is 14.2. The third-order valence-corrected chi connectivity index (χ3v) is 4.29. The molecule has 1 heterocycles. The minimum Gasteiger partial charge on any atom is -0.481 e. The number of benzene rings is 1. The minimum absolute atomic E-state index is 0.00573. The molecule has 10 nitrogen and oxygen atoms in total. The smallest absolute Gasteiger partial charge is 0.345 e. The first-order valence-corrected chi connectivity index (χ1v) is 8.68. The first-order chi connectivity index (χ1) is 12.8. The predicted octanol–water partition coefficient (Wildman–Crippen LogP) is 2.07. The number of rotatable bonds is 8. The van der Waals surface area contributed by atoms with Crippen molar-refractivity contribution in [2.75, 3.05) is 11.9 Å². The maximum atomic E-state index is 12.5. The molecule has 1 aromatic heterocycles. The fourth-order valence-corrected chi connectivity index (χ4v) is 2.89. The molecule has 0 unspecified atom stereocenters. The number of aromatic nitrogens is 1. The van der Waals surface area contributed by atoms with E-state index in [9.17, 15) is 24.5 Å². The Labute approximate surface area is 157 Å². The second-order valence-electron chi connectivity index (χ2n) is 5.37. The van der Waals surface area contributed by atoms with Gasteiger partial charge in [-0.3, -0.25) is 29.8 Å². The first kappa shape index (κ1) is 20.0. The number of hydrogen-bond acceptors (Lipinski definition) is 7. The van der Waals surface area contributed by atoms with Gasteiger partial charge in [-0.05, 0) is 35.5 Å². The highest BCUT2D eigenvalue weighted by atomic mass is 32.1. The normalized spacial score (nSPS) is 10.3. The number of nitrogens with zero attached hydrogens (tertiary/aromatic N) is 2. The molecule has 0 spiro atoms. The monoisotopic (exact) mass is 392 g/mol. The number of carboxylic acid groups (broad SMARTS) is 1. The first-order valence-electron chi connectivity index (χ1n) is 7.87. The van der Waals surface area contributed by atoms with Gasteiger partial charge in [-0.2, -0.15) is 0 Å². The summed E-state index contributed by atoms with van der Waals surface area (Å²) < 4.78 is 0. The Balaban J connectivity index is 2.35. The summed E-state index contributed by atoms with van der Waals surface area (Å²) in [5, 5.41) is 24.7. The molecule has 0 saturated heterocycles. The molecule has 0 saturated carbocycles. The van der Waals surface area contributed by atoms with Crippen LogP contribution in [0.5, 0.6) is 0 Å². The van der Waals surface area contributed by atoms with E-state index in [0.717, 1.165) is 6.20 Å². The van der Waals surface area contributed by atoms with Crippen LogP contribution < -0.4 is 10.6 Å². The van der Waals surface area contributed by atoms with E-state index in [4.69, 9.17) is 5.11 Å². The van der Waals surface area contributed by atoms with Crippen LogP contribution in [-0.4, -0.2) is 39.3 Å². The maximum absolute atomic E-state index is 12.5. The average molecular weight is 392 g/mol. The molecule has 0 radical (unpaired) electrons. The zero-order valence-corrected chi connectivity index (χ0v) is 15.0. The van der Waals surface area contributed by atoms with Crippen LogP contribution in [-0.2, 0) is 11.2 Å². The molecule has 3 N–H and O–H groups in total. The molecule has 1 aromatic carbocycles. The summed E-state index contributed by atoms with van der Waals surface area (Å²) in [6, 6.07) is 4.28. The fourth-order valence-electron chi connectivity index (χ4n) is 2.26.